The normalized spacial score (nSPS) is 15.9. The standard InChI is InChI=1S/C30H23F8N7O3S2/c1-17-9-21(13-48-15-30(31,32)33)25(10-18(17)2)45-26(46)14-49-29(45)42-28(47)41-24-8-3-19(11-20(24)12-39)27-40-16-44(43-27)22-4-6-23(7-5-22)50(34,35,36,37)38/h3-11,16H,13-15H2,1-2H3,(H,41,47). The first-order valence-electron chi connectivity index (χ1n) is 14.0. The number of thioether (sulfide) groups is 1. The summed E-state index contributed by atoms with van der Waals surface area (Å²) in [6, 6.07) is 10.2. The quantitative estimate of drug-likeness (QED) is 0.179. The molecular weight excluding hydrogens is 722 g/mol. The lowest BCUT2D eigenvalue weighted by atomic mass is 10.0. The zero-order valence-corrected chi connectivity index (χ0v) is 27.3. The number of amidine groups is 1. The third-order valence-corrected chi connectivity index (χ3v) is 9.19. The maximum absolute atomic E-state index is 13.1. The number of aryl methyl sites for hydroxylation is 2. The van der Waals surface area contributed by atoms with Crippen LogP contribution in [0.1, 0.15) is 22.3 Å². The number of aliphatic imine (C=N–C) groups is 1. The average Bonchev–Trinajstić information content (AvgIpc) is 3.64. The maximum Gasteiger partial charge on any atom is 0.411 e. The summed E-state index contributed by atoms with van der Waals surface area (Å²) in [5.41, 5.74) is 2.10. The summed E-state index contributed by atoms with van der Waals surface area (Å²) in [5, 5.41) is 16.3. The zero-order valence-electron chi connectivity index (χ0n) is 25.6. The molecule has 4 aromatic rings. The fourth-order valence-electron chi connectivity index (χ4n) is 4.63. The third kappa shape index (κ3) is 8.40. The van der Waals surface area contributed by atoms with E-state index in [1.807, 2.05) is 6.07 Å². The molecule has 0 bridgehead atoms. The molecule has 1 aromatic heterocycles. The molecule has 3 amide bonds. The second-order valence-electron chi connectivity index (χ2n) is 10.9. The minimum atomic E-state index is -9.86. The Kier molecular flexibility index (Phi) is 9.00. The number of rotatable bonds is 8. The highest BCUT2D eigenvalue weighted by atomic mass is 32.5. The van der Waals surface area contributed by atoms with Gasteiger partial charge in [0.15, 0.2) is 11.0 Å². The van der Waals surface area contributed by atoms with Crippen LogP contribution >= 0.6 is 22.0 Å². The van der Waals surface area contributed by atoms with Gasteiger partial charge in [-0.05, 0) is 73.5 Å². The number of nitrogens with one attached hydrogen (secondary N) is 1. The number of nitrogens with zero attached hydrogens (tertiary/aromatic N) is 6. The van der Waals surface area contributed by atoms with Crippen molar-refractivity contribution in [3.63, 3.8) is 0 Å². The van der Waals surface area contributed by atoms with E-state index >= 15 is 0 Å². The summed E-state index contributed by atoms with van der Waals surface area (Å²) in [6.45, 7) is 1.50. The number of aromatic nitrogens is 3. The van der Waals surface area contributed by atoms with Crippen LogP contribution in [0.3, 0.4) is 0 Å². The van der Waals surface area contributed by atoms with E-state index in [-0.39, 0.29) is 62.6 Å². The number of urea groups is 1. The molecule has 3 aromatic carbocycles. The van der Waals surface area contributed by atoms with Crippen molar-refractivity contribution >= 4 is 50.5 Å². The molecule has 0 unspecified atom stereocenters. The van der Waals surface area contributed by atoms with Gasteiger partial charge in [0.05, 0.1) is 35.0 Å². The van der Waals surface area contributed by atoms with Crippen molar-refractivity contribution in [3.8, 4) is 23.1 Å². The fourth-order valence-corrected chi connectivity index (χ4v) is 6.14. The average molecular weight is 746 g/mol. The van der Waals surface area contributed by atoms with Crippen LogP contribution in [-0.2, 0) is 16.1 Å². The van der Waals surface area contributed by atoms with E-state index in [1.54, 1.807) is 26.0 Å². The Morgan fingerprint density at radius 3 is 2.38 bits per heavy atom. The van der Waals surface area contributed by atoms with Crippen LogP contribution < -0.4 is 10.2 Å². The van der Waals surface area contributed by atoms with E-state index in [4.69, 9.17) is 4.74 Å². The second-order valence-corrected chi connectivity index (χ2v) is 14.2. The van der Waals surface area contributed by atoms with Crippen LogP contribution in [0.15, 0.2) is 70.8 Å². The van der Waals surface area contributed by atoms with Crippen LogP contribution in [0.25, 0.3) is 17.1 Å². The van der Waals surface area contributed by atoms with Gasteiger partial charge < -0.3 is 10.1 Å². The van der Waals surface area contributed by atoms with Gasteiger partial charge in [-0.25, -0.2) is 14.5 Å². The first-order chi connectivity index (χ1) is 23.1. The van der Waals surface area contributed by atoms with Gasteiger partial charge >= 0.3 is 22.4 Å². The monoisotopic (exact) mass is 745 g/mol. The van der Waals surface area contributed by atoms with Crippen LogP contribution in [-0.4, -0.2) is 50.4 Å². The van der Waals surface area contributed by atoms with E-state index in [0.29, 0.717) is 0 Å². The van der Waals surface area contributed by atoms with Crippen molar-refractivity contribution < 1.29 is 46.9 Å². The van der Waals surface area contributed by atoms with Gasteiger partial charge in [-0.1, -0.05) is 37.3 Å². The van der Waals surface area contributed by atoms with Crippen LogP contribution in [0, 0.1) is 25.2 Å². The molecule has 0 atom stereocenters. The number of carbonyl (C=O) groups excluding carboxylic acids is 2. The molecule has 0 spiro atoms. The molecule has 0 saturated carbocycles. The van der Waals surface area contributed by atoms with E-state index < -0.39 is 46.4 Å². The molecule has 1 aliphatic rings. The Morgan fingerprint density at radius 1 is 1.06 bits per heavy atom. The summed E-state index contributed by atoms with van der Waals surface area (Å²) in [5.74, 6) is -0.581. The Morgan fingerprint density at radius 2 is 1.74 bits per heavy atom. The first kappa shape index (κ1) is 36.3. The molecule has 5 rings (SSSR count). The number of benzene rings is 3. The van der Waals surface area contributed by atoms with Gasteiger partial charge in [0.1, 0.15) is 23.9 Å². The van der Waals surface area contributed by atoms with Crippen molar-refractivity contribution in [2.24, 2.45) is 4.99 Å². The summed E-state index contributed by atoms with van der Waals surface area (Å²) >= 11 is 0.921. The Labute approximate surface area is 282 Å². The molecular formula is C30H23F8N7O3S2. The molecule has 264 valence electrons. The highest BCUT2D eigenvalue weighted by molar-refractivity contribution is 8.45. The molecule has 1 saturated heterocycles. The predicted octanol–water partition coefficient (Wildman–Crippen LogP) is 8.83. The summed E-state index contributed by atoms with van der Waals surface area (Å²) < 4.78 is 109. The van der Waals surface area contributed by atoms with E-state index in [0.717, 1.165) is 50.9 Å². The van der Waals surface area contributed by atoms with Gasteiger partial charge in [-0.2, -0.15) is 23.4 Å². The number of ether oxygens (including phenoxy) is 1. The fraction of sp³-hybridized carbons (Fsp3) is 0.200. The number of alkyl halides is 3. The van der Waals surface area contributed by atoms with Crippen molar-refractivity contribution in [1.82, 2.24) is 14.8 Å². The number of halogens is 8. The highest BCUT2D eigenvalue weighted by Gasteiger charge is 2.65. The van der Waals surface area contributed by atoms with Crippen LogP contribution in [0.5, 0.6) is 0 Å². The topological polar surface area (TPSA) is 126 Å². The Hall–Kier alpha value is -5.00. The van der Waals surface area contributed by atoms with E-state index in [1.165, 1.54) is 18.2 Å². The molecule has 1 N–H and O–H groups in total. The van der Waals surface area contributed by atoms with Crippen molar-refractivity contribution in [1.29, 1.82) is 5.26 Å². The highest BCUT2D eigenvalue weighted by Crippen LogP contribution is 3.02. The molecule has 10 nitrogen and oxygen atoms in total. The zero-order chi connectivity index (χ0) is 36.7. The summed E-state index contributed by atoms with van der Waals surface area (Å²) in [4.78, 5) is 33.0. The Balaban J connectivity index is 1.35. The molecule has 1 aliphatic heterocycles. The lowest BCUT2D eigenvalue weighted by Crippen LogP contribution is -2.31. The third-order valence-electron chi connectivity index (χ3n) is 7.10. The largest absolute Gasteiger partial charge is 0.411 e. The summed E-state index contributed by atoms with van der Waals surface area (Å²) in [6.07, 6.45) is -3.44. The molecule has 50 heavy (non-hydrogen) atoms. The van der Waals surface area contributed by atoms with Gasteiger partial charge in [0, 0.05) is 11.1 Å². The van der Waals surface area contributed by atoms with Crippen molar-refractivity contribution in [3.05, 3.63) is 83.2 Å². The number of hydrogen-bond donors (Lipinski definition) is 1. The number of carbonyl (C=O) groups is 2. The van der Waals surface area contributed by atoms with Crippen LogP contribution in [0.2, 0.25) is 0 Å². The van der Waals surface area contributed by atoms with E-state index in [2.05, 4.69) is 20.4 Å². The minimum Gasteiger partial charge on any atom is -0.367 e. The molecule has 1 fully saturated rings. The number of nitriles is 1. The minimum absolute atomic E-state index is 0.00286. The van der Waals surface area contributed by atoms with Gasteiger partial charge in [0.25, 0.3) is 0 Å². The first-order valence-corrected chi connectivity index (χ1v) is 17.0. The molecule has 0 aliphatic carbocycles. The second kappa shape index (κ2) is 12.4. The number of anilines is 2. The van der Waals surface area contributed by atoms with Gasteiger partial charge in [-0.15, -0.1) is 5.10 Å². The SMILES string of the molecule is Cc1cc(COCC(F)(F)F)c(N2C(=O)CSC2=NC(=O)Nc2ccc(-c3ncn(-c4ccc(S(F)(F)(F)(F)F)cc4)n3)cc2C#N)cc1C. The molecule has 2 heterocycles. The lowest BCUT2D eigenvalue weighted by Gasteiger charge is -2.40. The molecule has 20 heteroatoms. The van der Waals surface area contributed by atoms with Crippen molar-refractivity contribution in [2.75, 3.05) is 22.6 Å². The lowest BCUT2D eigenvalue weighted by molar-refractivity contribution is -0.176. The maximum atomic E-state index is 13.1. The number of amides is 3. The predicted molar refractivity (Wildman–Crippen MR) is 171 cm³/mol. The molecule has 0 radical (unpaired) electrons. The van der Waals surface area contributed by atoms with Crippen molar-refractivity contribution in [2.45, 2.75) is 31.5 Å². The van der Waals surface area contributed by atoms with Crippen LogP contribution in [0.4, 0.5) is 48.8 Å². The summed E-state index contributed by atoms with van der Waals surface area (Å²) in [7, 11) is -9.86. The van der Waals surface area contributed by atoms with E-state index in [9.17, 15) is 47.5 Å². The van der Waals surface area contributed by atoms with Gasteiger partial charge in [-0.3, -0.25) is 9.69 Å². The number of hydrogen-bond acceptors (Lipinski definition) is 7. The smallest absolute Gasteiger partial charge is 0.367 e. The Bertz CT molecular complexity index is 2080. The van der Waals surface area contributed by atoms with Gasteiger partial charge in [0.2, 0.25) is 5.91 Å².